The number of carbonyl (C=O) groups is 1. The van der Waals surface area contributed by atoms with Gasteiger partial charge in [-0.25, -0.2) is 0 Å². The molecule has 154 valence electrons. The Labute approximate surface area is 172 Å². The molecule has 0 atom stereocenters. The minimum Gasteiger partial charge on any atom is -0.497 e. The average Bonchev–Trinajstić information content (AvgIpc) is 3.15. The Bertz CT molecular complexity index is 1290. The highest BCUT2D eigenvalue weighted by Crippen LogP contribution is 2.17. The third kappa shape index (κ3) is 3.62. The Morgan fingerprint density at radius 2 is 1.97 bits per heavy atom. The minimum absolute atomic E-state index is 0.122. The summed E-state index contributed by atoms with van der Waals surface area (Å²) in [5, 5.41) is 11.9. The summed E-state index contributed by atoms with van der Waals surface area (Å²) in [6.45, 7) is 0.546. The van der Waals surface area contributed by atoms with Crippen molar-refractivity contribution in [3.05, 3.63) is 64.7 Å². The Hall–Kier alpha value is -3.72. The number of likely N-dealkylation sites (N-methyl/N-ethyl adjacent to an activating group) is 1. The van der Waals surface area contributed by atoms with Crippen molar-refractivity contribution in [2.24, 2.45) is 7.05 Å². The zero-order chi connectivity index (χ0) is 21.3. The number of ether oxygens (including phenoxy) is 1. The van der Waals surface area contributed by atoms with Crippen molar-refractivity contribution < 1.29 is 9.53 Å². The lowest BCUT2D eigenvalue weighted by atomic mass is 10.2. The highest BCUT2D eigenvalue weighted by molar-refractivity contribution is 5.92. The molecule has 0 saturated heterocycles. The molecule has 0 radical (unpaired) electrons. The van der Waals surface area contributed by atoms with E-state index in [1.165, 1.54) is 4.57 Å². The molecule has 30 heavy (non-hydrogen) atoms. The van der Waals surface area contributed by atoms with E-state index in [2.05, 4.69) is 15.5 Å². The monoisotopic (exact) mass is 406 g/mol. The lowest BCUT2D eigenvalue weighted by molar-refractivity contribution is -0.117. The van der Waals surface area contributed by atoms with Crippen molar-refractivity contribution in [3.8, 4) is 5.75 Å². The molecule has 1 N–H and O–H groups in total. The maximum absolute atomic E-state index is 12.5. The van der Waals surface area contributed by atoms with E-state index >= 15 is 0 Å². The summed E-state index contributed by atoms with van der Waals surface area (Å²) < 4.78 is 8.51. The molecule has 4 rings (SSSR count). The van der Waals surface area contributed by atoms with Crippen LogP contribution in [0, 0.1) is 0 Å². The van der Waals surface area contributed by atoms with Crippen molar-refractivity contribution >= 4 is 28.3 Å². The van der Waals surface area contributed by atoms with Crippen LogP contribution >= 0.6 is 0 Å². The molecule has 0 bridgehead atoms. The fourth-order valence-electron chi connectivity index (χ4n) is 3.44. The SMILES string of the molecule is COc1cccc(NC(=O)CN(C)Cc2nnc3n(C)c(=O)c4ccccc4n23)c1. The van der Waals surface area contributed by atoms with E-state index in [1.54, 1.807) is 32.4 Å². The summed E-state index contributed by atoms with van der Waals surface area (Å²) in [4.78, 5) is 26.8. The van der Waals surface area contributed by atoms with Crippen LogP contribution in [0.2, 0.25) is 0 Å². The number of anilines is 1. The summed E-state index contributed by atoms with van der Waals surface area (Å²) >= 11 is 0. The standard InChI is InChI=1S/C21H22N6O3/c1-25(13-19(28)22-14-7-6-8-15(11-14)30-3)12-18-23-24-21-26(2)20(29)16-9-4-5-10-17(16)27(18)21/h4-11H,12-13H2,1-3H3,(H,22,28). The smallest absolute Gasteiger partial charge is 0.262 e. The Morgan fingerprint density at radius 1 is 1.17 bits per heavy atom. The lowest BCUT2D eigenvalue weighted by Crippen LogP contribution is -2.30. The molecule has 1 amide bonds. The van der Waals surface area contributed by atoms with Gasteiger partial charge in [-0.15, -0.1) is 10.2 Å². The first-order chi connectivity index (χ1) is 14.5. The van der Waals surface area contributed by atoms with Crippen molar-refractivity contribution in [1.82, 2.24) is 24.1 Å². The van der Waals surface area contributed by atoms with Gasteiger partial charge in [-0.1, -0.05) is 18.2 Å². The Morgan fingerprint density at radius 3 is 2.77 bits per heavy atom. The molecule has 2 aromatic carbocycles. The van der Waals surface area contributed by atoms with Gasteiger partial charge >= 0.3 is 0 Å². The third-order valence-electron chi connectivity index (χ3n) is 4.87. The summed E-state index contributed by atoms with van der Waals surface area (Å²) in [6, 6.07) is 14.5. The van der Waals surface area contributed by atoms with E-state index in [0.29, 0.717) is 35.0 Å². The number of fused-ring (bicyclic) bond motifs is 3. The van der Waals surface area contributed by atoms with Crippen LogP contribution in [0.15, 0.2) is 53.3 Å². The molecule has 0 aliphatic carbocycles. The molecule has 0 fully saturated rings. The second-order valence-corrected chi connectivity index (χ2v) is 7.09. The van der Waals surface area contributed by atoms with Gasteiger partial charge in [0, 0.05) is 18.8 Å². The second kappa shape index (κ2) is 7.96. The van der Waals surface area contributed by atoms with E-state index in [0.717, 1.165) is 5.52 Å². The van der Waals surface area contributed by atoms with Gasteiger partial charge in [0.25, 0.3) is 5.56 Å². The number of methoxy groups -OCH3 is 1. The first kappa shape index (κ1) is 19.6. The van der Waals surface area contributed by atoms with Crippen LogP contribution in [0.5, 0.6) is 5.75 Å². The maximum Gasteiger partial charge on any atom is 0.262 e. The number of hydrogen-bond acceptors (Lipinski definition) is 6. The van der Waals surface area contributed by atoms with Crippen LogP contribution in [-0.2, 0) is 18.4 Å². The van der Waals surface area contributed by atoms with Crippen molar-refractivity contribution in [1.29, 1.82) is 0 Å². The van der Waals surface area contributed by atoms with E-state index < -0.39 is 0 Å². The number of hydrogen-bond donors (Lipinski definition) is 1. The molecule has 0 unspecified atom stereocenters. The molecule has 0 saturated carbocycles. The fraction of sp³-hybridized carbons (Fsp3) is 0.238. The maximum atomic E-state index is 12.5. The largest absolute Gasteiger partial charge is 0.497 e. The van der Waals surface area contributed by atoms with E-state index in [1.807, 2.05) is 46.7 Å². The van der Waals surface area contributed by atoms with Gasteiger partial charge in [-0.2, -0.15) is 0 Å². The number of carbonyl (C=O) groups excluding carboxylic acids is 1. The molecule has 2 aromatic heterocycles. The van der Waals surface area contributed by atoms with Crippen LogP contribution in [-0.4, -0.2) is 50.7 Å². The number of benzene rings is 2. The van der Waals surface area contributed by atoms with Crippen LogP contribution in [0.1, 0.15) is 5.82 Å². The summed E-state index contributed by atoms with van der Waals surface area (Å²) in [5.74, 6) is 1.63. The van der Waals surface area contributed by atoms with Crippen LogP contribution in [0.3, 0.4) is 0 Å². The number of nitrogens with one attached hydrogen (secondary N) is 1. The fourth-order valence-corrected chi connectivity index (χ4v) is 3.44. The number of aryl methyl sites for hydroxylation is 1. The van der Waals surface area contributed by atoms with Gasteiger partial charge in [0.15, 0.2) is 5.82 Å². The van der Waals surface area contributed by atoms with Gasteiger partial charge < -0.3 is 10.1 Å². The molecule has 0 aliphatic rings. The predicted octanol–water partition coefficient (Wildman–Crippen LogP) is 1.66. The first-order valence-corrected chi connectivity index (χ1v) is 9.42. The zero-order valence-corrected chi connectivity index (χ0v) is 17.0. The molecule has 9 heteroatoms. The van der Waals surface area contributed by atoms with Gasteiger partial charge in [0.1, 0.15) is 5.75 Å². The van der Waals surface area contributed by atoms with E-state index in [-0.39, 0.29) is 18.0 Å². The number of aromatic nitrogens is 4. The molecule has 2 heterocycles. The normalized spacial score (nSPS) is 11.3. The van der Waals surface area contributed by atoms with Gasteiger partial charge in [-0.05, 0) is 31.3 Å². The molecule has 0 aliphatic heterocycles. The molecular formula is C21H22N6O3. The predicted molar refractivity (Wildman–Crippen MR) is 114 cm³/mol. The van der Waals surface area contributed by atoms with Gasteiger partial charge in [-0.3, -0.25) is 23.5 Å². The quantitative estimate of drug-likeness (QED) is 0.523. The topological polar surface area (TPSA) is 93.8 Å². The first-order valence-electron chi connectivity index (χ1n) is 9.42. The van der Waals surface area contributed by atoms with E-state index in [9.17, 15) is 9.59 Å². The minimum atomic E-state index is -0.156. The van der Waals surface area contributed by atoms with Crippen LogP contribution in [0.25, 0.3) is 16.7 Å². The van der Waals surface area contributed by atoms with Gasteiger partial charge in [0.2, 0.25) is 11.7 Å². The Balaban J connectivity index is 1.55. The van der Waals surface area contributed by atoms with E-state index in [4.69, 9.17) is 4.74 Å². The Kier molecular flexibility index (Phi) is 5.20. The number of amides is 1. The van der Waals surface area contributed by atoms with Crippen molar-refractivity contribution in [2.45, 2.75) is 6.54 Å². The summed E-state index contributed by atoms with van der Waals surface area (Å²) in [6.07, 6.45) is 0. The summed E-state index contributed by atoms with van der Waals surface area (Å²) in [5.41, 5.74) is 1.29. The molecule has 4 aromatic rings. The van der Waals surface area contributed by atoms with Gasteiger partial charge in [0.05, 0.1) is 31.1 Å². The molecule has 9 nitrogen and oxygen atoms in total. The average molecular weight is 406 g/mol. The summed E-state index contributed by atoms with van der Waals surface area (Å²) in [7, 11) is 5.08. The zero-order valence-electron chi connectivity index (χ0n) is 17.0. The highest BCUT2D eigenvalue weighted by Gasteiger charge is 2.16. The van der Waals surface area contributed by atoms with Crippen molar-refractivity contribution in [3.63, 3.8) is 0 Å². The number of rotatable bonds is 6. The molecular weight excluding hydrogens is 384 g/mol. The van der Waals surface area contributed by atoms with Crippen LogP contribution in [0.4, 0.5) is 5.69 Å². The number of nitrogens with zero attached hydrogens (tertiary/aromatic N) is 5. The second-order valence-electron chi connectivity index (χ2n) is 7.09. The highest BCUT2D eigenvalue weighted by atomic mass is 16.5. The number of para-hydroxylation sites is 1. The lowest BCUT2D eigenvalue weighted by Gasteiger charge is -2.16. The van der Waals surface area contributed by atoms with Crippen molar-refractivity contribution in [2.75, 3.05) is 26.0 Å². The molecule has 0 spiro atoms. The third-order valence-corrected chi connectivity index (χ3v) is 4.87. The van der Waals surface area contributed by atoms with Crippen LogP contribution < -0.4 is 15.6 Å².